The molecule has 8 heteroatoms. The number of alkyl halides is 1. The lowest BCUT2D eigenvalue weighted by Crippen LogP contribution is -2.15. The van der Waals surface area contributed by atoms with Crippen LogP contribution in [-0.2, 0) is 14.3 Å². The molecule has 1 N–H and O–H groups in total. The smallest absolute Gasteiger partial charge is 0.348 e. The van der Waals surface area contributed by atoms with Gasteiger partial charge in [0.2, 0.25) is 5.91 Å². The zero-order valence-electron chi connectivity index (χ0n) is 12.8. The summed E-state index contributed by atoms with van der Waals surface area (Å²) < 4.78 is 10.1. The molecule has 1 rings (SSSR count). The molecule has 0 atom stereocenters. The third-order valence-corrected chi connectivity index (χ3v) is 3.96. The van der Waals surface area contributed by atoms with E-state index < -0.39 is 17.8 Å². The van der Waals surface area contributed by atoms with Crippen LogP contribution < -0.4 is 5.32 Å². The zero-order valence-corrected chi connectivity index (χ0v) is 14.4. The highest BCUT2D eigenvalue weighted by atomic mass is 35.5. The first-order valence-corrected chi connectivity index (χ1v) is 8.04. The Labute approximate surface area is 137 Å². The first kappa shape index (κ1) is 18.4. The number of ether oxygens (including phenoxy) is 2. The molecule has 0 saturated heterocycles. The van der Waals surface area contributed by atoms with Gasteiger partial charge in [0, 0.05) is 0 Å². The van der Waals surface area contributed by atoms with Crippen LogP contribution in [0.1, 0.15) is 46.4 Å². The van der Waals surface area contributed by atoms with Crippen molar-refractivity contribution in [2.75, 3.05) is 17.8 Å². The van der Waals surface area contributed by atoms with E-state index in [1.165, 1.54) is 0 Å². The van der Waals surface area contributed by atoms with Gasteiger partial charge in [0.25, 0.3) is 0 Å². The summed E-state index contributed by atoms with van der Waals surface area (Å²) in [6.45, 7) is 6.91. The van der Waals surface area contributed by atoms with Crippen molar-refractivity contribution in [3.63, 3.8) is 0 Å². The number of carbonyl (C=O) groups is 3. The van der Waals surface area contributed by atoms with Crippen LogP contribution in [0.4, 0.5) is 5.00 Å². The van der Waals surface area contributed by atoms with Gasteiger partial charge in [0.15, 0.2) is 0 Å². The standard InChI is InChI=1S/C14H18ClNO5S/c1-5-20-13(18)10-8(4)11(14(19)21-7(2)3)22-12(10)16-9(17)6-15/h7H,5-6H2,1-4H3,(H,16,17). The molecule has 0 saturated carbocycles. The molecule has 6 nitrogen and oxygen atoms in total. The van der Waals surface area contributed by atoms with Crippen molar-refractivity contribution in [3.05, 3.63) is 16.0 Å². The van der Waals surface area contributed by atoms with E-state index in [0.717, 1.165) is 11.3 Å². The zero-order chi connectivity index (χ0) is 16.9. The molecule has 0 spiro atoms. The minimum absolute atomic E-state index is 0.154. The van der Waals surface area contributed by atoms with Crippen LogP contribution in [0, 0.1) is 6.92 Å². The quantitative estimate of drug-likeness (QED) is 0.632. The Kier molecular flexibility index (Phi) is 6.83. The van der Waals surface area contributed by atoms with Crippen LogP contribution in [0.5, 0.6) is 0 Å². The Morgan fingerprint density at radius 3 is 2.41 bits per heavy atom. The maximum Gasteiger partial charge on any atom is 0.348 e. The fraction of sp³-hybridized carbons (Fsp3) is 0.500. The molecule has 0 fully saturated rings. The van der Waals surface area contributed by atoms with E-state index in [1.54, 1.807) is 27.7 Å². The molecule has 0 bridgehead atoms. The van der Waals surface area contributed by atoms with Crippen LogP contribution in [0.25, 0.3) is 0 Å². The van der Waals surface area contributed by atoms with Gasteiger partial charge in [-0.15, -0.1) is 22.9 Å². The normalized spacial score (nSPS) is 10.5. The molecule has 0 aliphatic rings. The highest BCUT2D eigenvalue weighted by Gasteiger charge is 2.27. The number of amides is 1. The van der Waals surface area contributed by atoms with E-state index >= 15 is 0 Å². The number of hydrogen-bond donors (Lipinski definition) is 1. The molecule has 0 unspecified atom stereocenters. The van der Waals surface area contributed by atoms with Gasteiger partial charge >= 0.3 is 11.9 Å². The fourth-order valence-electron chi connectivity index (χ4n) is 1.67. The molecular weight excluding hydrogens is 330 g/mol. The van der Waals surface area contributed by atoms with Gasteiger partial charge in [-0.2, -0.15) is 0 Å². The van der Waals surface area contributed by atoms with Crippen molar-refractivity contribution in [2.45, 2.75) is 33.8 Å². The lowest BCUT2D eigenvalue weighted by atomic mass is 10.1. The van der Waals surface area contributed by atoms with E-state index in [1.807, 2.05) is 0 Å². The summed E-state index contributed by atoms with van der Waals surface area (Å²) in [5.74, 6) is -1.89. The Hall–Kier alpha value is -1.60. The van der Waals surface area contributed by atoms with Gasteiger partial charge in [0.05, 0.1) is 18.3 Å². The van der Waals surface area contributed by atoms with Crippen LogP contribution >= 0.6 is 22.9 Å². The van der Waals surface area contributed by atoms with Gasteiger partial charge in [-0.1, -0.05) is 0 Å². The summed E-state index contributed by atoms with van der Waals surface area (Å²) in [6.07, 6.45) is -0.291. The molecule has 1 heterocycles. The monoisotopic (exact) mass is 347 g/mol. The highest BCUT2D eigenvalue weighted by Crippen LogP contribution is 2.34. The third kappa shape index (κ3) is 4.45. The van der Waals surface area contributed by atoms with Gasteiger partial charge in [-0.05, 0) is 33.3 Å². The van der Waals surface area contributed by atoms with Crippen molar-refractivity contribution >= 4 is 45.8 Å². The van der Waals surface area contributed by atoms with Crippen molar-refractivity contribution in [1.29, 1.82) is 0 Å². The molecule has 1 amide bonds. The van der Waals surface area contributed by atoms with Crippen LogP contribution in [-0.4, -0.2) is 36.4 Å². The number of anilines is 1. The predicted molar refractivity (Wildman–Crippen MR) is 84.9 cm³/mol. The van der Waals surface area contributed by atoms with Gasteiger partial charge in [0.1, 0.15) is 15.8 Å². The molecule has 0 aromatic carbocycles. The largest absolute Gasteiger partial charge is 0.462 e. The second-order valence-electron chi connectivity index (χ2n) is 4.62. The second kappa shape index (κ2) is 8.14. The molecule has 22 heavy (non-hydrogen) atoms. The van der Waals surface area contributed by atoms with Gasteiger partial charge < -0.3 is 14.8 Å². The van der Waals surface area contributed by atoms with E-state index in [-0.39, 0.29) is 34.0 Å². The Balaban J connectivity index is 3.26. The maximum absolute atomic E-state index is 12.1. The first-order valence-electron chi connectivity index (χ1n) is 6.69. The number of carbonyl (C=O) groups excluding carboxylic acids is 3. The van der Waals surface area contributed by atoms with Crippen molar-refractivity contribution in [1.82, 2.24) is 0 Å². The number of thiophene rings is 1. The first-order chi connectivity index (χ1) is 10.3. The molecule has 0 radical (unpaired) electrons. The molecule has 122 valence electrons. The molecule has 1 aromatic heterocycles. The number of hydrogen-bond acceptors (Lipinski definition) is 6. The Morgan fingerprint density at radius 2 is 1.91 bits per heavy atom. The Morgan fingerprint density at radius 1 is 1.27 bits per heavy atom. The molecular formula is C14H18ClNO5S. The third-order valence-electron chi connectivity index (χ3n) is 2.53. The predicted octanol–water partition coefficient (Wildman–Crippen LogP) is 2.98. The van der Waals surface area contributed by atoms with E-state index in [0.29, 0.717) is 5.56 Å². The Bertz CT molecular complexity index is 582. The van der Waals surface area contributed by atoms with E-state index in [9.17, 15) is 14.4 Å². The number of halogens is 1. The maximum atomic E-state index is 12.1. The number of nitrogens with one attached hydrogen (secondary N) is 1. The van der Waals surface area contributed by atoms with Crippen molar-refractivity contribution in [3.8, 4) is 0 Å². The summed E-state index contributed by atoms with van der Waals surface area (Å²) in [5, 5.41) is 2.74. The minimum Gasteiger partial charge on any atom is -0.462 e. The average molecular weight is 348 g/mol. The van der Waals surface area contributed by atoms with Crippen molar-refractivity contribution in [2.24, 2.45) is 0 Å². The average Bonchev–Trinajstić information content (AvgIpc) is 2.75. The fourth-order valence-corrected chi connectivity index (χ4v) is 2.83. The summed E-state index contributed by atoms with van der Waals surface area (Å²) in [5.41, 5.74) is 0.569. The second-order valence-corrected chi connectivity index (χ2v) is 5.90. The molecule has 1 aromatic rings. The summed E-state index contributed by atoms with van der Waals surface area (Å²) in [4.78, 5) is 35.9. The van der Waals surface area contributed by atoms with Crippen molar-refractivity contribution < 1.29 is 23.9 Å². The molecule has 0 aliphatic heterocycles. The van der Waals surface area contributed by atoms with Crippen LogP contribution in [0.2, 0.25) is 0 Å². The molecule has 0 aliphatic carbocycles. The topological polar surface area (TPSA) is 81.7 Å². The lowest BCUT2D eigenvalue weighted by Gasteiger charge is -2.07. The highest BCUT2D eigenvalue weighted by molar-refractivity contribution is 7.18. The number of esters is 2. The van der Waals surface area contributed by atoms with Crippen LogP contribution in [0.15, 0.2) is 0 Å². The SMILES string of the molecule is CCOC(=O)c1c(NC(=O)CCl)sc(C(=O)OC(C)C)c1C. The van der Waals surface area contributed by atoms with Crippen LogP contribution in [0.3, 0.4) is 0 Å². The van der Waals surface area contributed by atoms with Gasteiger partial charge in [-0.3, -0.25) is 4.79 Å². The van der Waals surface area contributed by atoms with E-state index in [4.69, 9.17) is 21.1 Å². The number of rotatable bonds is 6. The lowest BCUT2D eigenvalue weighted by molar-refractivity contribution is -0.113. The van der Waals surface area contributed by atoms with Gasteiger partial charge in [-0.25, -0.2) is 9.59 Å². The minimum atomic E-state index is -0.607. The van der Waals surface area contributed by atoms with E-state index in [2.05, 4.69) is 5.32 Å². The summed E-state index contributed by atoms with van der Waals surface area (Å²) in [6, 6.07) is 0. The summed E-state index contributed by atoms with van der Waals surface area (Å²) >= 11 is 6.43. The summed E-state index contributed by atoms with van der Waals surface area (Å²) in [7, 11) is 0.